The minimum atomic E-state index is -3.29. The number of nitrogens with one attached hydrogen (secondary N) is 2. The van der Waals surface area contributed by atoms with E-state index < -0.39 is 10.2 Å². The lowest BCUT2D eigenvalue weighted by molar-refractivity contribution is 0.352. The Morgan fingerprint density at radius 3 is 2.75 bits per heavy atom. The van der Waals surface area contributed by atoms with Gasteiger partial charge < -0.3 is 5.32 Å². The van der Waals surface area contributed by atoms with Gasteiger partial charge in [0.2, 0.25) is 0 Å². The molecule has 0 aromatic heterocycles. The Morgan fingerprint density at radius 1 is 1.50 bits per heavy atom. The first-order chi connectivity index (χ1) is 7.45. The van der Waals surface area contributed by atoms with E-state index in [0.717, 1.165) is 25.8 Å². The van der Waals surface area contributed by atoms with Crippen LogP contribution in [0.25, 0.3) is 0 Å². The number of hydrogen-bond donors (Lipinski definition) is 2. The molecule has 0 aliphatic carbocycles. The predicted molar refractivity (Wildman–Crippen MR) is 65.5 cm³/mol. The minimum absolute atomic E-state index is 0.0700. The maximum absolute atomic E-state index is 11.9. The number of hydrogen-bond acceptors (Lipinski definition) is 3. The van der Waals surface area contributed by atoms with Crippen LogP contribution in [-0.2, 0) is 10.2 Å². The Morgan fingerprint density at radius 2 is 2.19 bits per heavy atom. The SMILES string of the molecule is CCCN(C)S(=O)(=O)NC1CCNC(C)C1. The van der Waals surface area contributed by atoms with Gasteiger partial charge in [-0.05, 0) is 32.7 Å². The van der Waals surface area contributed by atoms with E-state index in [4.69, 9.17) is 0 Å². The van der Waals surface area contributed by atoms with Crippen LogP contribution < -0.4 is 10.0 Å². The van der Waals surface area contributed by atoms with Crippen molar-refractivity contribution in [1.82, 2.24) is 14.3 Å². The van der Waals surface area contributed by atoms with E-state index in [1.165, 1.54) is 4.31 Å². The van der Waals surface area contributed by atoms with E-state index in [2.05, 4.69) is 17.0 Å². The summed E-state index contributed by atoms with van der Waals surface area (Å²) in [6.45, 7) is 5.50. The van der Waals surface area contributed by atoms with Crippen molar-refractivity contribution >= 4 is 10.2 Å². The summed E-state index contributed by atoms with van der Waals surface area (Å²) in [5.41, 5.74) is 0. The molecular weight excluding hydrogens is 226 g/mol. The second-order valence-corrected chi connectivity index (χ2v) is 6.33. The third-order valence-electron chi connectivity index (χ3n) is 2.89. The van der Waals surface area contributed by atoms with E-state index in [0.29, 0.717) is 12.6 Å². The zero-order valence-electron chi connectivity index (χ0n) is 10.4. The van der Waals surface area contributed by atoms with Gasteiger partial charge in [0.05, 0.1) is 0 Å². The van der Waals surface area contributed by atoms with Crippen LogP contribution in [0.5, 0.6) is 0 Å². The van der Waals surface area contributed by atoms with E-state index in [1.807, 2.05) is 6.92 Å². The molecule has 1 rings (SSSR count). The second kappa shape index (κ2) is 5.95. The maximum Gasteiger partial charge on any atom is 0.279 e. The van der Waals surface area contributed by atoms with Crippen LogP contribution in [-0.4, -0.2) is 44.9 Å². The Labute approximate surface area is 98.8 Å². The molecule has 2 N–H and O–H groups in total. The molecular formula is C10H23N3O2S. The highest BCUT2D eigenvalue weighted by Crippen LogP contribution is 2.10. The Kier molecular flexibility index (Phi) is 5.17. The molecule has 6 heteroatoms. The van der Waals surface area contributed by atoms with Crippen molar-refractivity contribution in [3.05, 3.63) is 0 Å². The Bertz CT molecular complexity index is 305. The van der Waals surface area contributed by atoms with E-state index >= 15 is 0 Å². The summed E-state index contributed by atoms with van der Waals surface area (Å²) in [4.78, 5) is 0. The highest BCUT2D eigenvalue weighted by Gasteiger charge is 2.25. The molecule has 1 aliphatic rings. The van der Waals surface area contributed by atoms with Crippen molar-refractivity contribution in [2.24, 2.45) is 0 Å². The summed E-state index contributed by atoms with van der Waals surface area (Å²) in [6.07, 6.45) is 2.56. The highest BCUT2D eigenvalue weighted by atomic mass is 32.2. The first kappa shape index (κ1) is 13.9. The molecule has 0 aromatic carbocycles. The van der Waals surface area contributed by atoms with Crippen molar-refractivity contribution in [2.75, 3.05) is 20.1 Å². The van der Waals surface area contributed by atoms with Gasteiger partial charge in [-0.15, -0.1) is 0 Å². The van der Waals surface area contributed by atoms with Crippen molar-refractivity contribution in [3.8, 4) is 0 Å². The summed E-state index contributed by atoms with van der Waals surface area (Å²) in [5.74, 6) is 0. The van der Waals surface area contributed by atoms with Gasteiger partial charge in [-0.3, -0.25) is 0 Å². The van der Waals surface area contributed by atoms with Crippen LogP contribution in [0.15, 0.2) is 0 Å². The zero-order valence-corrected chi connectivity index (χ0v) is 11.2. The topological polar surface area (TPSA) is 61.4 Å². The van der Waals surface area contributed by atoms with Crippen LogP contribution in [0.2, 0.25) is 0 Å². The van der Waals surface area contributed by atoms with E-state index in [1.54, 1.807) is 7.05 Å². The zero-order chi connectivity index (χ0) is 12.2. The molecule has 2 unspecified atom stereocenters. The summed E-state index contributed by atoms with van der Waals surface area (Å²) in [6, 6.07) is 0.457. The van der Waals surface area contributed by atoms with Crippen LogP contribution in [0.1, 0.15) is 33.1 Å². The average molecular weight is 249 g/mol. The number of nitrogens with zero attached hydrogens (tertiary/aromatic N) is 1. The molecule has 1 saturated heterocycles. The molecule has 0 amide bonds. The van der Waals surface area contributed by atoms with Gasteiger partial charge in [-0.25, -0.2) is 0 Å². The average Bonchev–Trinajstić information content (AvgIpc) is 2.17. The third-order valence-corrected chi connectivity index (χ3v) is 4.52. The van der Waals surface area contributed by atoms with Crippen LogP contribution in [0.3, 0.4) is 0 Å². The fraction of sp³-hybridized carbons (Fsp3) is 1.00. The van der Waals surface area contributed by atoms with Crippen molar-refractivity contribution in [2.45, 2.75) is 45.2 Å². The minimum Gasteiger partial charge on any atom is -0.314 e. The molecule has 0 aromatic rings. The first-order valence-electron chi connectivity index (χ1n) is 5.92. The van der Waals surface area contributed by atoms with Crippen LogP contribution in [0, 0.1) is 0 Å². The summed E-state index contributed by atoms with van der Waals surface area (Å²) >= 11 is 0. The molecule has 5 nitrogen and oxygen atoms in total. The monoisotopic (exact) mass is 249 g/mol. The first-order valence-corrected chi connectivity index (χ1v) is 7.36. The normalized spacial score (nSPS) is 27.2. The summed E-state index contributed by atoms with van der Waals surface area (Å²) in [7, 11) is -1.67. The third kappa shape index (κ3) is 4.01. The highest BCUT2D eigenvalue weighted by molar-refractivity contribution is 7.87. The molecule has 16 heavy (non-hydrogen) atoms. The van der Waals surface area contributed by atoms with Crippen molar-refractivity contribution < 1.29 is 8.42 Å². The summed E-state index contributed by atoms with van der Waals surface area (Å²) < 4.78 is 27.9. The summed E-state index contributed by atoms with van der Waals surface area (Å²) in [5, 5.41) is 3.30. The molecule has 0 radical (unpaired) electrons. The molecule has 0 saturated carbocycles. The molecule has 1 heterocycles. The molecule has 1 aliphatic heterocycles. The lowest BCUT2D eigenvalue weighted by Crippen LogP contribution is -2.50. The molecule has 96 valence electrons. The fourth-order valence-corrected chi connectivity index (χ4v) is 3.21. The quantitative estimate of drug-likeness (QED) is 0.737. The van der Waals surface area contributed by atoms with Gasteiger partial charge in [-0.1, -0.05) is 6.92 Å². The second-order valence-electron chi connectivity index (χ2n) is 4.52. The van der Waals surface area contributed by atoms with E-state index in [9.17, 15) is 8.42 Å². The van der Waals surface area contributed by atoms with Crippen molar-refractivity contribution in [3.63, 3.8) is 0 Å². The smallest absolute Gasteiger partial charge is 0.279 e. The predicted octanol–water partition coefficient (Wildman–Crippen LogP) is 0.303. The van der Waals surface area contributed by atoms with Gasteiger partial charge in [-0.2, -0.15) is 17.4 Å². The van der Waals surface area contributed by atoms with Crippen LogP contribution >= 0.6 is 0 Å². The largest absolute Gasteiger partial charge is 0.314 e. The van der Waals surface area contributed by atoms with Gasteiger partial charge >= 0.3 is 0 Å². The molecule has 0 bridgehead atoms. The lowest BCUT2D eigenvalue weighted by Gasteiger charge is -2.30. The fourth-order valence-electron chi connectivity index (χ4n) is 1.97. The lowest BCUT2D eigenvalue weighted by atomic mass is 10.0. The van der Waals surface area contributed by atoms with Gasteiger partial charge in [0.25, 0.3) is 10.2 Å². The molecule has 1 fully saturated rings. The molecule has 2 atom stereocenters. The molecule has 0 spiro atoms. The van der Waals surface area contributed by atoms with Gasteiger partial charge in [0, 0.05) is 25.7 Å². The Balaban J connectivity index is 2.51. The van der Waals surface area contributed by atoms with Gasteiger partial charge in [0.15, 0.2) is 0 Å². The number of piperidine rings is 1. The van der Waals surface area contributed by atoms with Gasteiger partial charge in [0.1, 0.15) is 0 Å². The Hall–Kier alpha value is -0.170. The van der Waals surface area contributed by atoms with Crippen LogP contribution in [0.4, 0.5) is 0 Å². The number of rotatable bonds is 5. The van der Waals surface area contributed by atoms with E-state index in [-0.39, 0.29) is 6.04 Å². The standard InChI is InChI=1S/C10H23N3O2S/c1-4-7-13(3)16(14,15)12-10-5-6-11-9(2)8-10/h9-12H,4-8H2,1-3H3. The van der Waals surface area contributed by atoms with Crippen molar-refractivity contribution in [1.29, 1.82) is 0 Å². The maximum atomic E-state index is 11.9.